The van der Waals surface area contributed by atoms with E-state index in [2.05, 4.69) is 98.9 Å². The number of hydrogen-bond donors (Lipinski definition) is 0. The first-order valence-electron chi connectivity index (χ1n) is 27.3. The van der Waals surface area contributed by atoms with Crippen molar-refractivity contribution >= 4 is 19.8 Å². The first kappa shape index (κ1) is 65.2. The first-order chi connectivity index (χ1) is 33.0. The van der Waals surface area contributed by atoms with Crippen LogP contribution < -0.4 is 4.89 Å². The van der Waals surface area contributed by atoms with Crippen LogP contribution in [0.3, 0.4) is 0 Å². The van der Waals surface area contributed by atoms with Gasteiger partial charge in [-0.05, 0) is 89.9 Å². The van der Waals surface area contributed by atoms with Crippen LogP contribution in [0.4, 0.5) is 0 Å². The summed E-state index contributed by atoms with van der Waals surface area (Å²) in [6, 6.07) is 0. The van der Waals surface area contributed by atoms with Crippen LogP contribution in [0.5, 0.6) is 0 Å². The Morgan fingerprint density at radius 1 is 0.471 bits per heavy atom. The maximum atomic E-state index is 12.7. The Labute approximate surface area is 418 Å². The number of nitrogens with zero attached hydrogens (tertiary/aromatic N) is 1. The molecule has 0 heterocycles. The van der Waals surface area contributed by atoms with Gasteiger partial charge in [-0.15, -0.1) is 0 Å². The van der Waals surface area contributed by atoms with Crippen LogP contribution >= 0.6 is 7.82 Å². The van der Waals surface area contributed by atoms with Gasteiger partial charge in [-0.3, -0.25) is 14.2 Å². The molecular weight excluding hydrogens is 870 g/mol. The Balaban J connectivity index is 4.21. The van der Waals surface area contributed by atoms with Crippen LogP contribution in [0, 0.1) is 0 Å². The minimum Gasteiger partial charge on any atom is -0.756 e. The van der Waals surface area contributed by atoms with E-state index in [0.717, 1.165) is 83.5 Å². The number of carbonyl (C=O) groups excluding carboxylic acids is 2. The molecule has 0 aromatic heterocycles. The molecule has 0 fully saturated rings. The van der Waals surface area contributed by atoms with Crippen molar-refractivity contribution in [2.75, 3.05) is 47.5 Å². The molecule has 0 rings (SSSR count). The summed E-state index contributed by atoms with van der Waals surface area (Å²) in [6.07, 6.45) is 64.8. The van der Waals surface area contributed by atoms with E-state index in [1.165, 1.54) is 103 Å². The van der Waals surface area contributed by atoms with Gasteiger partial charge in [0, 0.05) is 12.8 Å². The lowest BCUT2D eigenvalue weighted by atomic mass is 10.0. The number of phosphoric acid groups is 1. The van der Waals surface area contributed by atoms with Crippen LogP contribution in [0.25, 0.3) is 0 Å². The van der Waals surface area contributed by atoms with E-state index in [4.69, 9.17) is 18.5 Å². The molecule has 2 atom stereocenters. The topological polar surface area (TPSA) is 111 Å². The predicted octanol–water partition coefficient (Wildman–Crippen LogP) is 16.1. The molecular formula is C58H102NO8P. The maximum Gasteiger partial charge on any atom is 0.306 e. The number of likely N-dealkylation sites (N-methyl/N-ethyl adjacent to an activating group) is 1. The molecule has 0 radical (unpaired) electrons. The van der Waals surface area contributed by atoms with Gasteiger partial charge in [0.2, 0.25) is 0 Å². The standard InChI is InChI=1S/C58H102NO8P/c1-6-8-10-12-14-16-18-20-22-24-25-26-27-28-29-30-31-32-33-35-36-38-40-42-44-46-48-50-57(60)64-54-56(55-66-68(62,63)65-53-52-59(3,4)5)67-58(61)51-49-47-45-43-41-39-37-34-23-21-19-17-15-13-11-9-7-2/h9,11,15,17-18,20-21,23-25,27-28,37,39,56H,6-8,10,12-14,16,19,22,26,29-36,38,40-55H2,1-5H3/b11-9-,17-15-,20-18-,23-21-,25-24-,28-27-,39-37-. The fourth-order valence-electron chi connectivity index (χ4n) is 7.18. The molecule has 392 valence electrons. The highest BCUT2D eigenvalue weighted by Gasteiger charge is 2.21. The number of ether oxygens (including phenoxy) is 2. The second-order valence-corrected chi connectivity index (χ2v) is 20.6. The highest BCUT2D eigenvalue weighted by Crippen LogP contribution is 2.38. The molecule has 0 N–H and O–H groups in total. The van der Waals surface area contributed by atoms with Crippen molar-refractivity contribution in [3.63, 3.8) is 0 Å². The fourth-order valence-corrected chi connectivity index (χ4v) is 7.91. The number of carbonyl (C=O) groups is 2. The quantitative estimate of drug-likeness (QED) is 0.0195. The van der Waals surface area contributed by atoms with Crippen LogP contribution in [-0.2, 0) is 32.7 Å². The summed E-state index contributed by atoms with van der Waals surface area (Å²) in [4.78, 5) is 37.8. The van der Waals surface area contributed by atoms with Crippen molar-refractivity contribution in [1.82, 2.24) is 0 Å². The third-order valence-corrected chi connectivity index (χ3v) is 12.4. The van der Waals surface area contributed by atoms with Crippen molar-refractivity contribution in [2.45, 2.75) is 225 Å². The lowest BCUT2D eigenvalue weighted by Crippen LogP contribution is -2.37. The van der Waals surface area contributed by atoms with Crippen molar-refractivity contribution in [2.24, 2.45) is 0 Å². The van der Waals surface area contributed by atoms with Gasteiger partial charge in [-0.25, -0.2) is 0 Å². The zero-order chi connectivity index (χ0) is 49.9. The van der Waals surface area contributed by atoms with Crippen LogP contribution in [-0.4, -0.2) is 70.0 Å². The van der Waals surface area contributed by atoms with E-state index in [0.29, 0.717) is 17.4 Å². The van der Waals surface area contributed by atoms with E-state index in [9.17, 15) is 19.0 Å². The van der Waals surface area contributed by atoms with Crippen molar-refractivity contribution in [1.29, 1.82) is 0 Å². The molecule has 0 aliphatic heterocycles. The molecule has 0 aliphatic rings. The largest absolute Gasteiger partial charge is 0.756 e. The summed E-state index contributed by atoms with van der Waals surface area (Å²) in [5.41, 5.74) is 0. The summed E-state index contributed by atoms with van der Waals surface area (Å²) in [6.45, 7) is 4.08. The minimum atomic E-state index is -4.64. The smallest absolute Gasteiger partial charge is 0.306 e. The van der Waals surface area contributed by atoms with Gasteiger partial charge in [-0.1, -0.05) is 202 Å². The maximum absolute atomic E-state index is 12.7. The van der Waals surface area contributed by atoms with Gasteiger partial charge >= 0.3 is 11.9 Å². The number of quaternary nitrogens is 1. The van der Waals surface area contributed by atoms with Gasteiger partial charge < -0.3 is 27.9 Å². The van der Waals surface area contributed by atoms with Gasteiger partial charge in [-0.2, -0.15) is 0 Å². The highest BCUT2D eigenvalue weighted by atomic mass is 31.2. The van der Waals surface area contributed by atoms with Gasteiger partial charge in [0.1, 0.15) is 19.8 Å². The van der Waals surface area contributed by atoms with E-state index in [1.807, 2.05) is 21.1 Å². The molecule has 2 unspecified atom stereocenters. The Morgan fingerprint density at radius 3 is 1.25 bits per heavy atom. The molecule has 0 aliphatic carbocycles. The molecule has 0 amide bonds. The van der Waals surface area contributed by atoms with Gasteiger partial charge in [0.05, 0.1) is 27.7 Å². The summed E-state index contributed by atoms with van der Waals surface area (Å²) < 4.78 is 34.1. The average Bonchev–Trinajstić information content (AvgIpc) is 3.30. The van der Waals surface area contributed by atoms with Crippen LogP contribution in [0.2, 0.25) is 0 Å². The van der Waals surface area contributed by atoms with E-state index in [-0.39, 0.29) is 26.1 Å². The van der Waals surface area contributed by atoms with Crippen molar-refractivity contribution in [3.05, 3.63) is 85.1 Å². The molecule has 0 aromatic rings. The van der Waals surface area contributed by atoms with Gasteiger partial charge in [0.15, 0.2) is 6.10 Å². The Hall–Kier alpha value is -2.81. The fraction of sp³-hybridized carbons (Fsp3) is 0.724. The van der Waals surface area contributed by atoms with Crippen LogP contribution in [0.1, 0.15) is 219 Å². The number of hydrogen-bond acceptors (Lipinski definition) is 8. The summed E-state index contributed by atoms with van der Waals surface area (Å²) in [7, 11) is 1.14. The third-order valence-electron chi connectivity index (χ3n) is 11.4. The zero-order valence-corrected chi connectivity index (χ0v) is 45.2. The van der Waals surface area contributed by atoms with E-state index in [1.54, 1.807) is 0 Å². The van der Waals surface area contributed by atoms with Gasteiger partial charge in [0.25, 0.3) is 7.82 Å². The first-order valence-corrected chi connectivity index (χ1v) is 28.8. The molecule has 0 saturated heterocycles. The Kier molecular flexibility index (Phi) is 47.2. The normalized spacial score (nSPS) is 14.0. The summed E-state index contributed by atoms with van der Waals surface area (Å²) >= 11 is 0. The molecule has 0 spiro atoms. The Morgan fingerprint density at radius 2 is 0.838 bits per heavy atom. The number of allylic oxidation sites excluding steroid dienone is 14. The monoisotopic (exact) mass is 972 g/mol. The average molecular weight is 972 g/mol. The van der Waals surface area contributed by atoms with E-state index >= 15 is 0 Å². The zero-order valence-electron chi connectivity index (χ0n) is 44.3. The molecule has 68 heavy (non-hydrogen) atoms. The Bertz CT molecular complexity index is 1420. The van der Waals surface area contributed by atoms with Crippen molar-refractivity contribution < 1.29 is 42.1 Å². The second-order valence-electron chi connectivity index (χ2n) is 19.2. The molecule has 10 heteroatoms. The lowest BCUT2D eigenvalue weighted by molar-refractivity contribution is -0.870. The third kappa shape index (κ3) is 52.6. The lowest BCUT2D eigenvalue weighted by Gasteiger charge is -2.28. The molecule has 0 bridgehead atoms. The molecule has 9 nitrogen and oxygen atoms in total. The summed E-state index contributed by atoms with van der Waals surface area (Å²) in [5, 5.41) is 0. The van der Waals surface area contributed by atoms with Crippen LogP contribution in [0.15, 0.2) is 85.1 Å². The summed E-state index contributed by atoms with van der Waals surface area (Å²) in [5.74, 6) is -0.866. The molecule has 0 saturated carbocycles. The number of unbranched alkanes of at least 4 members (excludes halogenated alkanes) is 21. The number of phosphoric ester groups is 1. The van der Waals surface area contributed by atoms with Crippen molar-refractivity contribution in [3.8, 4) is 0 Å². The minimum absolute atomic E-state index is 0.0401. The predicted molar refractivity (Wildman–Crippen MR) is 286 cm³/mol. The number of esters is 2. The number of rotatable bonds is 49. The SMILES string of the molecule is CC/C=C\C/C=C\C/C=C\C/C=C\CCCCCCC(=O)OC(COC(=O)CCCCCCCCCCCCCC/C=C\C/C=C\C/C=C\CCCCCCC)COP(=O)([O-])OCC[N+](C)(C)C. The second kappa shape index (κ2) is 49.2. The van der Waals surface area contributed by atoms with E-state index < -0.39 is 32.5 Å². The highest BCUT2D eigenvalue weighted by molar-refractivity contribution is 7.45. The molecule has 0 aromatic carbocycles.